The molecule has 72 valence electrons. The summed E-state index contributed by atoms with van der Waals surface area (Å²) in [5, 5.41) is 4.93. The van der Waals surface area contributed by atoms with Crippen LogP contribution < -0.4 is 10.9 Å². The molecule has 0 fully saturated rings. The normalized spacial score (nSPS) is 11.5. The van der Waals surface area contributed by atoms with E-state index in [-0.39, 0.29) is 4.90 Å². The monoisotopic (exact) mass is 200 g/mol. The number of nitrogen functional groups attached to an aromatic ring is 1. The molecule has 0 saturated heterocycles. The average molecular weight is 200 g/mol. The zero-order chi connectivity index (χ0) is 10.1. The number of hydrogen-bond acceptors (Lipinski definition) is 3. The summed E-state index contributed by atoms with van der Waals surface area (Å²) >= 11 is 0. The predicted molar refractivity (Wildman–Crippen MR) is 51.6 cm³/mol. The molecule has 0 saturated carbocycles. The van der Waals surface area contributed by atoms with Gasteiger partial charge in [0.15, 0.2) is 0 Å². The summed E-state index contributed by atoms with van der Waals surface area (Å²) in [6.45, 7) is 1.95. The molecule has 0 aliphatic rings. The Kier molecular flexibility index (Phi) is 2.58. The fourth-order valence-corrected chi connectivity index (χ4v) is 1.62. The lowest BCUT2D eigenvalue weighted by Crippen LogP contribution is -2.12. The molecule has 4 N–H and O–H groups in total. The van der Waals surface area contributed by atoms with E-state index >= 15 is 0 Å². The summed E-state index contributed by atoms with van der Waals surface area (Å²) in [7, 11) is -3.63. The van der Waals surface area contributed by atoms with Crippen LogP contribution in [0.2, 0.25) is 0 Å². The van der Waals surface area contributed by atoms with Crippen LogP contribution in [0, 0.1) is 0 Å². The van der Waals surface area contributed by atoms with Crippen LogP contribution in [0.4, 0.5) is 5.69 Å². The second kappa shape index (κ2) is 3.35. The van der Waals surface area contributed by atoms with Gasteiger partial charge in [-0.2, -0.15) is 0 Å². The van der Waals surface area contributed by atoms with Crippen LogP contribution in [0.15, 0.2) is 23.1 Å². The van der Waals surface area contributed by atoms with E-state index in [9.17, 15) is 8.42 Å². The van der Waals surface area contributed by atoms with Crippen molar-refractivity contribution in [2.75, 3.05) is 5.73 Å². The Morgan fingerprint density at radius 3 is 2.38 bits per heavy atom. The lowest BCUT2D eigenvalue weighted by molar-refractivity contribution is 0.598. The van der Waals surface area contributed by atoms with Gasteiger partial charge in [0.1, 0.15) is 0 Å². The predicted octanol–water partition coefficient (Wildman–Crippen LogP) is 0.479. The van der Waals surface area contributed by atoms with Gasteiger partial charge in [-0.15, -0.1) is 0 Å². The largest absolute Gasteiger partial charge is 0.398 e. The molecule has 0 spiro atoms. The minimum Gasteiger partial charge on any atom is -0.398 e. The molecule has 0 atom stereocenters. The Morgan fingerprint density at radius 2 is 2.00 bits per heavy atom. The van der Waals surface area contributed by atoms with Crippen LogP contribution in [0.3, 0.4) is 0 Å². The summed E-state index contributed by atoms with van der Waals surface area (Å²) in [5.41, 5.74) is 7.00. The molecule has 0 aliphatic heterocycles. The lowest BCUT2D eigenvalue weighted by Gasteiger charge is -2.04. The fraction of sp³-hybridized carbons (Fsp3) is 0.250. The van der Waals surface area contributed by atoms with Crippen molar-refractivity contribution >= 4 is 15.7 Å². The van der Waals surface area contributed by atoms with Gasteiger partial charge in [0.25, 0.3) is 0 Å². The minimum absolute atomic E-state index is 0.0576. The summed E-state index contributed by atoms with van der Waals surface area (Å²) in [4.78, 5) is 0.0576. The molecule has 0 heterocycles. The van der Waals surface area contributed by atoms with Gasteiger partial charge in [0, 0.05) is 5.69 Å². The van der Waals surface area contributed by atoms with Crippen LogP contribution in [-0.4, -0.2) is 8.42 Å². The zero-order valence-electron chi connectivity index (χ0n) is 7.32. The van der Waals surface area contributed by atoms with Crippen LogP contribution >= 0.6 is 0 Å². The van der Waals surface area contributed by atoms with Crippen molar-refractivity contribution in [3.63, 3.8) is 0 Å². The molecule has 5 heteroatoms. The van der Waals surface area contributed by atoms with Crippen LogP contribution in [0.5, 0.6) is 0 Å². The van der Waals surface area contributed by atoms with Gasteiger partial charge >= 0.3 is 0 Å². The first-order chi connectivity index (χ1) is 5.95. The van der Waals surface area contributed by atoms with E-state index in [1.807, 2.05) is 6.92 Å². The molecule has 0 aromatic heterocycles. The van der Waals surface area contributed by atoms with Crippen LogP contribution in [-0.2, 0) is 16.4 Å². The topological polar surface area (TPSA) is 86.2 Å². The maximum atomic E-state index is 10.9. The van der Waals surface area contributed by atoms with Gasteiger partial charge in [-0.25, -0.2) is 13.6 Å². The first kappa shape index (κ1) is 10.0. The number of primary sulfonamides is 1. The molecule has 1 aromatic carbocycles. The summed E-state index contributed by atoms with van der Waals surface area (Å²) in [6.07, 6.45) is 0.775. The third-order valence-electron chi connectivity index (χ3n) is 1.83. The lowest BCUT2D eigenvalue weighted by atomic mass is 10.1. The molecule has 4 nitrogen and oxygen atoms in total. The number of sulfonamides is 1. The number of rotatable bonds is 2. The molecule has 0 aliphatic carbocycles. The number of aryl methyl sites for hydroxylation is 1. The standard InChI is InChI=1S/C8H12N2O2S/c1-2-6-3-4-7(5-8(6)9)13(10,11)12/h3-5H,2,9H2,1H3,(H2,10,11,12). The Morgan fingerprint density at radius 1 is 1.38 bits per heavy atom. The molecule has 0 unspecified atom stereocenters. The van der Waals surface area contributed by atoms with Gasteiger partial charge < -0.3 is 5.73 Å². The highest BCUT2D eigenvalue weighted by atomic mass is 32.2. The van der Waals surface area contributed by atoms with Crippen molar-refractivity contribution in [3.05, 3.63) is 23.8 Å². The number of anilines is 1. The van der Waals surface area contributed by atoms with Crippen molar-refractivity contribution in [1.29, 1.82) is 0 Å². The van der Waals surface area contributed by atoms with E-state index in [2.05, 4.69) is 0 Å². The molecule has 13 heavy (non-hydrogen) atoms. The van der Waals surface area contributed by atoms with Crippen LogP contribution in [0.25, 0.3) is 0 Å². The van der Waals surface area contributed by atoms with Gasteiger partial charge in [0.05, 0.1) is 4.90 Å². The van der Waals surface area contributed by atoms with E-state index in [0.29, 0.717) is 5.69 Å². The molecule has 0 radical (unpaired) electrons. The van der Waals surface area contributed by atoms with Gasteiger partial charge in [-0.1, -0.05) is 13.0 Å². The number of nitrogens with two attached hydrogens (primary N) is 2. The van der Waals surface area contributed by atoms with E-state index in [1.54, 1.807) is 6.07 Å². The Labute approximate surface area is 77.6 Å². The molecule has 1 aromatic rings. The first-order valence-corrected chi connectivity index (χ1v) is 5.41. The highest BCUT2D eigenvalue weighted by molar-refractivity contribution is 7.89. The van der Waals surface area contributed by atoms with Gasteiger partial charge in [-0.05, 0) is 24.1 Å². The second-order valence-electron chi connectivity index (χ2n) is 2.76. The third-order valence-corrected chi connectivity index (χ3v) is 2.74. The Bertz CT molecular complexity index is 412. The molecule has 1 rings (SSSR count). The van der Waals surface area contributed by atoms with E-state index in [0.717, 1.165) is 12.0 Å². The zero-order valence-corrected chi connectivity index (χ0v) is 8.14. The fourth-order valence-electron chi connectivity index (χ4n) is 1.07. The Balaban J connectivity index is 3.26. The highest BCUT2D eigenvalue weighted by Crippen LogP contribution is 2.17. The second-order valence-corrected chi connectivity index (χ2v) is 4.32. The average Bonchev–Trinajstić information content (AvgIpc) is 2.02. The number of hydrogen-bond donors (Lipinski definition) is 2. The van der Waals surface area contributed by atoms with Crippen molar-refractivity contribution < 1.29 is 8.42 Å². The summed E-state index contributed by atoms with van der Waals surface area (Å²) in [6, 6.07) is 4.52. The van der Waals surface area contributed by atoms with Crippen molar-refractivity contribution in [2.24, 2.45) is 5.14 Å². The third kappa shape index (κ3) is 2.19. The van der Waals surface area contributed by atoms with Crippen LogP contribution in [0.1, 0.15) is 12.5 Å². The van der Waals surface area contributed by atoms with Crippen molar-refractivity contribution in [3.8, 4) is 0 Å². The maximum Gasteiger partial charge on any atom is 0.238 e. The maximum absolute atomic E-state index is 10.9. The minimum atomic E-state index is -3.63. The smallest absolute Gasteiger partial charge is 0.238 e. The van der Waals surface area contributed by atoms with E-state index in [1.165, 1.54) is 12.1 Å². The van der Waals surface area contributed by atoms with Gasteiger partial charge in [0.2, 0.25) is 10.0 Å². The van der Waals surface area contributed by atoms with Crippen molar-refractivity contribution in [2.45, 2.75) is 18.2 Å². The molecular formula is C8H12N2O2S. The van der Waals surface area contributed by atoms with E-state index < -0.39 is 10.0 Å². The molecule has 0 bridgehead atoms. The molecule has 0 amide bonds. The highest BCUT2D eigenvalue weighted by Gasteiger charge is 2.08. The van der Waals surface area contributed by atoms with E-state index in [4.69, 9.17) is 10.9 Å². The summed E-state index contributed by atoms with van der Waals surface area (Å²) in [5.74, 6) is 0. The van der Waals surface area contributed by atoms with Gasteiger partial charge in [-0.3, -0.25) is 0 Å². The first-order valence-electron chi connectivity index (χ1n) is 3.86. The molecular weight excluding hydrogens is 188 g/mol. The summed E-state index contributed by atoms with van der Waals surface area (Å²) < 4.78 is 21.8. The number of benzene rings is 1. The Hall–Kier alpha value is -1.07. The van der Waals surface area contributed by atoms with Crippen molar-refractivity contribution in [1.82, 2.24) is 0 Å². The quantitative estimate of drug-likeness (QED) is 0.681. The SMILES string of the molecule is CCc1ccc(S(N)(=O)=O)cc1N.